The highest BCUT2D eigenvalue weighted by Gasteiger charge is 2.15. The largest absolute Gasteiger partial charge is 0.478 e. The van der Waals surface area contributed by atoms with Crippen molar-refractivity contribution < 1.29 is 29.6 Å². The number of aliphatic carboxylic acids is 2. The van der Waals surface area contributed by atoms with E-state index in [9.17, 15) is 14.7 Å². The van der Waals surface area contributed by atoms with E-state index in [4.69, 9.17) is 14.9 Å². The van der Waals surface area contributed by atoms with Crippen molar-refractivity contribution in [1.29, 1.82) is 0 Å². The molecule has 1 fully saturated rings. The molecule has 0 aliphatic heterocycles. The third-order valence-corrected chi connectivity index (χ3v) is 3.21. The fourth-order valence-electron chi connectivity index (χ4n) is 2.05. The molecule has 23 heavy (non-hydrogen) atoms. The summed E-state index contributed by atoms with van der Waals surface area (Å²) >= 11 is 0. The molecule has 0 radical (unpaired) electrons. The fourth-order valence-corrected chi connectivity index (χ4v) is 2.05. The zero-order chi connectivity index (χ0) is 17.7. The summed E-state index contributed by atoms with van der Waals surface area (Å²) in [5, 5.41) is 28.5. The summed E-state index contributed by atoms with van der Waals surface area (Å²) in [6, 6.07) is 0.425. The first-order valence-electron chi connectivity index (χ1n) is 7.98. The van der Waals surface area contributed by atoms with Gasteiger partial charge in [-0.15, -0.1) is 0 Å². The van der Waals surface area contributed by atoms with Crippen LogP contribution in [0.25, 0.3) is 0 Å². The van der Waals surface area contributed by atoms with E-state index in [0.29, 0.717) is 37.4 Å². The number of aliphatic hydroxyl groups excluding tert-OH is 1. The van der Waals surface area contributed by atoms with Gasteiger partial charge in [0.2, 0.25) is 0 Å². The molecule has 0 aromatic rings. The summed E-state index contributed by atoms with van der Waals surface area (Å²) in [5.41, 5.74) is 0. The van der Waals surface area contributed by atoms with Crippen LogP contribution in [-0.2, 0) is 14.3 Å². The fraction of sp³-hybridized carbons (Fsp3) is 0.750. The molecular formula is C16H29NO6. The minimum atomic E-state index is -1.26. The molecule has 1 saturated carbocycles. The monoisotopic (exact) mass is 331 g/mol. The molecule has 4 N–H and O–H groups in total. The van der Waals surface area contributed by atoms with E-state index in [1.165, 1.54) is 32.1 Å². The van der Waals surface area contributed by atoms with Gasteiger partial charge in [-0.3, -0.25) is 0 Å². The molecule has 1 atom stereocenters. The number of carboxylic acid groups (broad SMARTS) is 2. The quantitative estimate of drug-likeness (QED) is 0.497. The van der Waals surface area contributed by atoms with Gasteiger partial charge in [0.1, 0.15) is 0 Å². The molecule has 0 spiro atoms. The molecule has 134 valence electrons. The SMILES string of the molecule is CC(C)NCC(O)COC1CCCCC1.O=C(O)/C=C\C(=O)O. The molecule has 0 aromatic heterocycles. The zero-order valence-electron chi connectivity index (χ0n) is 13.9. The van der Waals surface area contributed by atoms with Crippen molar-refractivity contribution in [3.05, 3.63) is 12.2 Å². The molecule has 7 heteroatoms. The van der Waals surface area contributed by atoms with E-state index >= 15 is 0 Å². The van der Waals surface area contributed by atoms with Crippen molar-refractivity contribution in [2.75, 3.05) is 13.2 Å². The van der Waals surface area contributed by atoms with Crippen molar-refractivity contribution in [2.45, 2.75) is 64.2 Å². The van der Waals surface area contributed by atoms with Crippen molar-refractivity contribution in [3.63, 3.8) is 0 Å². The molecule has 0 heterocycles. The van der Waals surface area contributed by atoms with Gasteiger partial charge in [0.25, 0.3) is 0 Å². The predicted molar refractivity (Wildman–Crippen MR) is 86.4 cm³/mol. The Morgan fingerprint density at radius 1 is 1.13 bits per heavy atom. The number of hydrogen-bond donors (Lipinski definition) is 4. The second-order valence-electron chi connectivity index (χ2n) is 5.82. The van der Waals surface area contributed by atoms with Crippen LogP contribution in [0.15, 0.2) is 12.2 Å². The van der Waals surface area contributed by atoms with Crippen molar-refractivity contribution in [3.8, 4) is 0 Å². The molecule has 7 nitrogen and oxygen atoms in total. The maximum Gasteiger partial charge on any atom is 0.328 e. The van der Waals surface area contributed by atoms with Gasteiger partial charge in [-0.2, -0.15) is 0 Å². The van der Waals surface area contributed by atoms with Gasteiger partial charge in [0.15, 0.2) is 0 Å². The second kappa shape index (κ2) is 13.0. The molecule has 1 rings (SSSR count). The van der Waals surface area contributed by atoms with E-state index in [1.54, 1.807) is 0 Å². The average Bonchev–Trinajstić information content (AvgIpc) is 2.50. The highest BCUT2D eigenvalue weighted by Crippen LogP contribution is 2.20. The molecule has 1 unspecified atom stereocenters. The van der Waals surface area contributed by atoms with Gasteiger partial charge in [0.05, 0.1) is 18.8 Å². The number of carboxylic acids is 2. The number of aliphatic hydroxyl groups is 1. The van der Waals surface area contributed by atoms with Gasteiger partial charge in [0, 0.05) is 24.7 Å². The van der Waals surface area contributed by atoms with Crippen molar-refractivity contribution >= 4 is 11.9 Å². The highest BCUT2D eigenvalue weighted by atomic mass is 16.5. The zero-order valence-corrected chi connectivity index (χ0v) is 13.9. The normalized spacial score (nSPS) is 16.9. The standard InChI is InChI=1S/C12H25NO2.C4H4O4/c1-10(2)13-8-11(14)9-15-12-6-4-3-5-7-12;5-3(6)1-2-4(7)8/h10-14H,3-9H2,1-2H3;1-2H,(H,5,6)(H,7,8)/b;2-1-. The number of carbonyl (C=O) groups is 2. The van der Waals surface area contributed by atoms with Gasteiger partial charge < -0.3 is 25.4 Å². The van der Waals surface area contributed by atoms with Gasteiger partial charge >= 0.3 is 11.9 Å². The Hall–Kier alpha value is -1.44. The number of ether oxygens (including phenoxy) is 1. The van der Waals surface area contributed by atoms with Crippen LogP contribution in [0, 0.1) is 0 Å². The van der Waals surface area contributed by atoms with E-state index in [-0.39, 0.29) is 6.10 Å². The lowest BCUT2D eigenvalue weighted by Crippen LogP contribution is -2.35. The minimum absolute atomic E-state index is 0.366. The average molecular weight is 331 g/mol. The number of nitrogens with one attached hydrogen (secondary N) is 1. The minimum Gasteiger partial charge on any atom is -0.478 e. The Balaban J connectivity index is 0.000000515. The van der Waals surface area contributed by atoms with Crippen LogP contribution in [0.4, 0.5) is 0 Å². The molecular weight excluding hydrogens is 302 g/mol. The van der Waals surface area contributed by atoms with E-state index in [1.807, 2.05) is 0 Å². The van der Waals surface area contributed by atoms with E-state index in [2.05, 4.69) is 19.2 Å². The number of rotatable bonds is 8. The molecule has 0 aromatic carbocycles. The summed E-state index contributed by atoms with van der Waals surface area (Å²) in [6.07, 6.45) is 7.40. The molecule has 1 aliphatic rings. The maximum atomic E-state index is 9.64. The smallest absolute Gasteiger partial charge is 0.328 e. The van der Waals surface area contributed by atoms with E-state index in [0.717, 1.165) is 0 Å². The summed E-state index contributed by atoms with van der Waals surface area (Å²) < 4.78 is 5.69. The summed E-state index contributed by atoms with van der Waals surface area (Å²) in [4.78, 5) is 19.1. The van der Waals surface area contributed by atoms with Crippen LogP contribution >= 0.6 is 0 Å². The van der Waals surface area contributed by atoms with E-state index < -0.39 is 11.9 Å². The molecule has 1 aliphatic carbocycles. The third-order valence-electron chi connectivity index (χ3n) is 3.21. The van der Waals surface area contributed by atoms with Crippen LogP contribution in [0.1, 0.15) is 46.0 Å². The Labute approximate surface area is 137 Å². The lowest BCUT2D eigenvalue weighted by atomic mass is 9.98. The summed E-state index contributed by atoms with van der Waals surface area (Å²) in [6.45, 7) is 5.26. The summed E-state index contributed by atoms with van der Waals surface area (Å²) in [5.74, 6) is -2.51. The highest BCUT2D eigenvalue weighted by molar-refractivity contribution is 5.89. The van der Waals surface area contributed by atoms with Crippen LogP contribution in [0.3, 0.4) is 0 Å². The van der Waals surface area contributed by atoms with Gasteiger partial charge in [-0.25, -0.2) is 9.59 Å². The van der Waals surface area contributed by atoms with Crippen molar-refractivity contribution in [2.24, 2.45) is 0 Å². The predicted octanol–water partition coefficient (Wildman–Crippen LogP) is 1.41. The van der Waals surface area contributed by atoms with Crippen LogP contribution in [0.5, 0.6) is 0 Å². The first kappa shape index (κ1) is 21.6. The lowest BCUT2D eigenvalue weighted by molar-refractivity contribution is -0.134. The summed E-state index contributed by atoms with van der Waals surface area (Å²) in [7, 11) is 0. The number of hydrogen-bond acceptors (Lipinski definition) is 5. The Kier molecular flexibility index (Phi) is 12.2. The third kappa shape index (κ3) is 15.2. The van der Waals surface area contributed by atoms with Gasteiger partial charge in [-0.1, -0.05) is 33.1 Å². The van der Waals surface area contributed by atoms with Crippen LogP contribution in [-0.4, -0.2) is 58.7 Å². The lowest BCUT2D eigenvalue weighted by Gasteiger charge is -2.23. The van der Waals surface area contributed by atoms with Crippen LogP contribution in [0.2, 0.25) is 0 Å². The first-order valence-corrected chi connectivity index (χ1v) is 7.98. The van der Waals surface area contributed by atoms with Crippen molar-refractivity contribution in [1.82, 2.24) is 5.32 Å². The Morgan fingerprint density at radius 3 is 2.09 bits per heavy atom. The van der Waals surface area contributed by atoms with Crippen LogP contribution < -0.4 is 5.32 Å². The first-order chi connectivity index (χ1) is 10.8. The topological polar surface area (TPSA) is 116 Å². The molecule has 0 saturated heterocycles. The Bertz CT molecular complexity index is 348. The molecule has 0 bridgehead atoms. The Morgan fingerprint density at radius 2 is 1.65 bits per heavy atom. The van der Waals surface area contributed by atoms with Gasteiger partial charge in [-0.05, 0) is 12.8 Å². The maximum absolute atomic E-state index is 9.64. The molecule has 0 amide bonds. The second-order valence-corrected chi connectivity index (χ2v) is 5.82.